The van der Waals surface area contributed by atoms with E-state index in [1.165, 1.54) is 0 Å². The SMILES string of the molecule is O=C(C[ClH+])Nc1ccccn1. The Labute approximate surface area is 69.4 Å². The zero-order valence-electron chi connectivity index (χ0n) is 5.78. The fourth-order valence-corrected chi connectivity index (χ4v) is 0.688. The fraction of sp³-hybridized carbons (Fsp3) is 0.143. The molecule has 0 bridgehead atoms. The Balaban J connectivity index is 2.58. The number of alkyl halides is 1. The van der Waals surface area contributed by atoms with Crippen molar-refractivity contribution in [2.75, 3.05) is 11.2 Å². The van der Waals surface area contributed by atoms with Gasteiger partial charge in [0.2, 0.25) is 5.88 Å². The monoisotopic (exact) mass is 171 g/mol. The lowest BCUT2D eigenvalue weighted by atomic mass is 10.4. The third kappa shape index (κ3) is 2.55. The number of nitrogens with one attached hydrogen (secondary N) is 1. The van der Waals surface area contributed by atoms with Crippen LogP contribution < -0.4 is 5.32 Å². The molecule has 1 heterocycles. The van der Waals surface area contributed by atoms with Gasteiger partial charge in [0.05, 0.1) is 0 Å². The van der Waals surface area contributed by atoms with E-state index in [-0.39, 0.29) is 11.8 Å². The van der Waals surface area contributed by atoms with Gasteiger partial charge >= 0.3 is 0 Å². The molecule has 0 saturated heterocycles. The summed E-state index contributed by atoms with van der Waals surface area (Å²) in [6.07, 6.45) is 1.61. The molecular formula is C7H8ClN2O+. The Hall–Kier alpha value is -1.09. The quantitative estimate of drug-likeness (QED) is 0.651. The average molecular weight is 172 g/mol. The molecular weight excluding hydrogens is 164 g/mol. The van der Waals surface area contributed by atoms with Crippen LogP contribution in [-0.4, -0.2) is 16.8 Å². The van der Waals surface area contributed by atoms with Gasteiger partial charge in [-0.05, 0) is 12.1 Å². The fourth-order valence-electron chi connectivity index (χ4n) is 0.616. The van der Waals surface area contributed by atoms with Gasteiger partial charge in [0.1, 0.15) is 17.4 Å². The molecule has 0 fully saturated rings. The summed E-state index contributed by atoms with van der Waals surface area (Å²) < 4.78 is 0. The Morgan fingerprint density at radius 1 is 1.64 bits per heavy atom. The summed E-state index contributed by atoms with van der Waals surface area (Å²) in [7, 11) is 0. The molecule has 0 saturated carbocycles. The van der Waals surface area contributed by atoms with Crippen molar-refractivity contribution >= 4 is 11.7 Å². The summed E-state index contributed by atoms with van der Waals surface area (Å²) >= 11 is 4.53. The maximum atomic E-state index is 10.7. The summed E-state index contributed by atoms with van der Waals surface area (Å²) in [5, 5.41) is 2.54. The van der Waals surface area contributed by atoms with Crippen LogP contribution in [-0.2, 0) is 4.79 Å². The summed E-state index contributed by atoms with van der Waals surface area (Å²) in [6.45, 7) is 0. The first-order valence-corrected chi connectivity index (χ1v) is 3.69. The minimum atomic E-state index is -0.196. The molecule has 0 aliphatic carbocycles. The topological polar surface area (TPSA) is 42.0 Å². The van der Waals surface area contributed by atoms with E-state index in [2.05, 4.69) is 21.9 Å². The van der Waals surface area contributed by atoms with E-state index in [0.717, 1.165) is 0 Å². The standard InChI is InChI=1S/C7H7ClN2O/c8-5-7(11)10-6-3-1-2-4-9-6/h1-4,8H,5H2/p+1. The normalized spacial score (nSPS) is 9.18. The van der Waals surface area contributed by atoms with Crippen LogP contribution in [0.3, 0.4) is 0 Å². The molecule has 1 aromatic heterocycles. The van der Waals surface area contributed by atoms with Crippen LogP contribution in [0.1, 0.15) is 0 Å². The van der Waals surface area contributed by atoms with Crippen molar-refractivity contribution in [2.45, 2.75) is 0 Å². The maximum Gasteiger partial charge on any atom is 0.286 e. The molecule has 4 heteroatoms. The van der Waals surface area contributed by atoms with Crippen LogP contribution in [0.5, 0.6) is 0 Å². The van der Waals surface area contributed by atoms with Crippen molar-refractivity contribution in [1.82, 2.24) is 4.98 Å². The number of hydrogen-bond acceptors (Lipinski definition) is 2. The van der Waals surface area contributed by atoms with E-state index in [0.29, 0.717) is 5.82 Å². The van der Waals surface area contributed by atoms with Crippen LogP contribution in [0.15, 0.2) is 24.4 Å². The summed E-state index contributed by atoms with van der Waals surface area (Å²) in [5.41, 5.74) is 0. The van der Waals surface area contributed by atoms with E-state index in [9.17, 15) is 4.79 Å². The van der Waals surface area contributed by atoms with Crippen LogP contribution in [0, 0.1) is 11.6 Å². The van der Waals surface area contributed by atoms with Crippen LogP contribution in [0.4, 0.5) is 5.82 Å². The zero-order valence-corrected chi connectivity index (χ0v) is 6.60. The number of anilines is 1. The first-order chi connectivity index (χ1) is 5.33. The highest BCUT2D eigenvalue weighted by Crippen LogP contribution is 1.98. The molecule has 58 valence electrons. The predicted octanol–water partition coefficient (Wildman–Crippen LogP) is 0.302. The van der Waals surface area contributed by atoms with E-state index in [1.807, 2.05) is 0 Å². The highest BCUT2D eigenvalue weighted by Gasteiger charge is 2.02. The number of nitrogens with zero attached hydrogens (tertiary/aromatic N) is 1. The third-order valence-electron chi connectivity index (χ3n) is 1.06. The number of hydrogen-bond donors (Lipinski definition) is 1. The number of aromatic nitrogens is 1. The second kappa shape index (κ2) is 3.93. The molecule has 1 amide bonds. The number of amides is 1. The maximum absolute atomic E-state index is 10.7. The van der Waals surface area contributed by atoms with Crippen molar-refractivity contribution in [3.05, 3.63) is 24.4 Å². The Bertz CT molecular complexity index is 237. The molecule has 1 N–H and O–H groups in total. The number of halogens is 1. The molecule has 11 heavy (non-hydrogen) atoms. The third-order valence-corrected chi connectivity index (χ3v) is 1.33. The molecule has 0 radical (unpaired) electrons. The predicted molar refractivity (Wildman–Crippen MR) is 39.1 cm³/mol. The van der Waals surface area contributed by atoms with E-state index in [1.54, 1.807) is 24.4 Å². The van der Waals surface area contributed by atoms with Gasteiger partial charge < -0.3 is 5.32 Å². The first kappa shape index (κ1) is 8.01. The van der Waals surface area contributed by atoms with E-state index < -0.39 is 0 Å². The summed E-state index contributed by atoms with van der Waals surface area (Å²) in [5.74, 6) is 0.414. The number of rotatable bonds is 2. The van der Waals surface area contributed by atoms with Crippen LogP contribution in [0.2, 0.25) is 0 Å². The molecule has 0 spiro atoms. The second-order valence-corrected chi connectivity index (χ2v) is 2.20. The molecule has 1 rings (SSSR count). The van der Waals surface area contributed by atoms with Crippen molar-refractivity contribution in [3.63, 3.8) is 0 Å². The first-order valence-electron chi connectivity index (χ1n) is 3.12. The Kier molecular flexibility index (Phi) is 2.86. The smallest absolute Gasteiger partial charge is 0.286 e. The van der Waals surface area contributed by atoms with Gasteiger partial charge in [-0.25, -0.2) is 4.98 Å². The van der Waals surface area contributed by atoms with Crippen LogP contribution >= 0.6 is 0 Å². The minimum Gasteiger partial charge on any atom is -0.306 e. The summed E-state index contributed by atoms with van der Waals surface area (Å²) in [4.78, 5) is 14.6. The highest BCUT2D eigenvalue weighted by molar-refractivity contribution is 5.90. The molecule has 0 aromatic carbocycles. The average Bonchev–Trinajstić information content (AvgIpc) is 2.06. The van der Waals surface area contributed by atoms with E-state index >= 15 is 0 Å². The largest absolute Gasteiger partial charge is 0.306 e. The zero-order chi connectivity index (χ0) is 8.10. The number of pyridine rings is 1. The number of carbonyl (C=O) groups excluding carboxylic acids is 1. The lowest BCUT2D eigenvalue weighted by molar-refractivity contribution is -0.353. The Morgan fingerprint density at radius 2 is 2.45 bits per heavy atom. The van der Waals surface area contributed by atoms with Gasteiger partial charge in [0, 0.05) is 6.20 Å². The molecule has 3 nitrogen and oxygen atoms in total. The number of carbonyl (C=O) groups is 1. The van der Waals surface area contributed by atoms with Crippen molar-refractivity contribution in [3.8, 4) is 0 Å². The summed E-state index contributed by atoms with van der Waals surface area (Å²) in [6, 6.07) is 5.29. The van der Waals surface area contributed by atoms with Gasteiger partial charge in [-0.2, -0.15) is 0 Å². The lowest BCUT2D eigenvalue weighted by Gasteiger charge is -1.96. The highest BCUT2D eigenvalue weighted by atomic mass is 35.5. The van der Waals surface area contributed by atoms with Crippen molar-refractivity contribution < 1.29 is 16.4 Å². The second-order valence-electron chi connectivity index (χ2n) is 1.91. The minimum absolute atomic E-state index is 0.0660. The van der Waals surface area contributed by atoms with Gasteiger partial charge in [-0.1, -0.05) is 6.07 Å². The molecule has 0 aliphatic heterocycles. The van der Waals surface area contributed by atoms with Gasteiger partial charge in [-0.3, -0.25) is 4.79 Å². The molecule has 0 aliphatic rings. The molecule has 0 atom stereocenters. The van der Waals surface area contributed by atoms with Gasteiger partial charge in [0.15, 0.2) is 0 Å². The lowest BCUT2D eigenvalue weighted by Crippen LogP contribution is -2.14. The molecule has 1 aromatic rings. The van der Waals surface area contributed by atoms with E-state index in [4.69, 9.17) is 0 Å². The molecule has 0 unspecified atom stereocenters. The van der Waals surface area contributed by atoms with Gasteiger partial charge in [0.25, 0.3) is 5.91 Å². The van der Waals surface area contributed by atoms with Gasteiger partial charge in [-0.15, -0.1) is 0 Å². The van der Waals surface area contributed by atoms with Crippen LogP contribution in [0.25, 0.3) is 0 Å². The van der Waals surface area contributed by atoms with Crippen molar-refractivity contribution in [2.24, 2.45) is 0 Å². The Morgan fingerprint density at radius 3 is 3.00 bits per heavy atom. The van der Waals surface area contributed by atoms with Crippen molar-refractivity contribution in [1.29, 1.82) is 0 Å².